The van der Waals surface area contributed by atoms with E-state index in [9.17, 15) is 0 Å². The van der Waals surface area contributed by atoms with Crippen molar-refractivity contribution in [3.8, 4) is 0 Å². The van der Waals surface area contributed by atoms with Crippen LogP contribution in [0.1, 0.15) is 36.8 Å². The Morgan fingerprint density at radius 1 is 1.04 bits per heavy atom. The highest BCUT2D eigenvalue weighted by Crippen LogP contribution is 2.26. The fraction of sp³-hybridized carbons (Fsp3) is 0.263. The van der Waals surface area contributed by atoms with Crippen LogP contribution < -0.4 is 0 Å². The fourth-order valence-corrected chi connectivity index (χ4v) is 2.89. The topological polar surface area (TPSA) is 52.1 Å². The van der Waals surface area contributed by atoms with Crippen LogP contribution in [-0.2, 0) is 12.8 Å². The van der Waals surface area contributed by atoms with Crippen LogP contribution in [0, 0.1) is 0 Å². The zero-order valence-corrected chi connectivity index (χ0v) is 13.2. The van der Waals surface area contributed by atoms with Gasteiger partial charge in [-0.1, -0.05) is 26.0 Å². The van der Waals surface area contributed by atoms with Crippen molar-refractivity contribution < 1.29 is 8.83 Å². The van der Waals surface area contributed by atoms with Gasteiger partial charge in [0.2, 0.25) is 0 Å². The highest BCUT2D eigenvalue weighted by atomic mass is 16.3. The van der Waals surface area contributed by atoms with Gasteiger partial charge in [-0.3, -0.25) is 0 Å². The Morgan fingerprint density at radius 2 is 1.96 bits per heavy atom. The third-order valence-corrected chi connectivity index (χ3v) is 4.31. The molecule has 0 aliphatic carbocycles. The van der Waals surface area contributed by atoms with Crippen molar-refractivity contribution in [1.29, 1.82) is 0 Å². The van der Waals surface area contributed by atoms with Crippen LogP contribution in [0.5, 0.6) is 0 Å². The van der Waals surface area contributed by atoms with Gasteiger partial charge in [0.25, 0.3) is 0 Å². The van der Waals surface area contributed by atoms with Crippen LogP contribution in [0.25, 0.3) is 22.2 Å². The molecular formula is C19H18N2O2. The summed E-state index contributed by atoms with van der Waals surface area (Å²) in [7, 11) is 0. The molecule has 2 heterocycles. The van der Waals surface area contributed by atoms with Gasteiger partial charge in [0.05, 0.1) is 0 Å². The molecule has 4 nitrogen and oxygen atoms in total. The number of aromatic nitrogens is 2. The minimum absolute atomic E-state index is 0.295. The van der Waals surface area contributed by atoms with Crippen LogP contribution in [0.4, 0.5) is 0 Å². The van der Waals surface area contributed by atoms with Crippen LogP contribution in [0.3, 0.4) is 0 Å². The zero-order valence-electron chi connectivity index (χ0n) is 13.2. The van der Waals surface area contributed by atoms with Gasteiger partial charge in [0, 0.05) is 6.42 Å². The van der Waals surface area contributed by atoms with E-state index >= 15 is 0 Å². The summed E-state index contributed by atoms with van der Waals surface area (Å²) in [6, 6.07) is 12.3. The summed E-state index contributed by atoms with van der Waals surface area (Å²) in [6.45, 7) is 4.31. The van der Waals surface area contributed by atoms with Gasteiger partial charge >= 0.3 is 0 Å². The molecule has 0 bridgehead atoms. The van der Waals surface area contributed by atoms with E-state index in [1.807, 2.05) is 18.2 Å². The van der Waals surface area contributed by atoms with E-state index in [-0.39, 0.29) is 0 Å². The van der Waals surface area contributed by atoms with Gasteiger partial charge in [-0.05, 0) is 47.7 Å². The number of hydrogen-bond acceptors (Lipinski definition) is 4. The Bertz CT molecular complexity index is 968. The maximum absolute atomic E-state index is 5.89. The standard InChI is InChI=1S/C19H18N2O2/c1-3-13-4-7-17-16(9-13)21-19(23-17)8-12(2)14-5-6-15-18(10-14)22-11-20-15/h4-7,9-12H,3,8H2,1-2H3. The minimum Gasteiger partial charge on any atom is -0.443 e. The first kappa shape index (κ1) is 14.0. The van der Waals surface area contributed by atoms with Gasteiger partial charge in [-0.2, -0.15) is 0 Å². The lowest BCUT2D eigenvalue weighted by atomic mass is 9.97. The van der Waals surface area contributed by atoms with Gasteiger partial charge < -0.3 is 8.83 Å². The van der Waals surface area contributed by atoms with Crippen molar-refractivity contribution in [3.63, 3.8) is 0 Å². The Hall–Kier alpha value is -2.62. The molecule has 0 spiro atoms. The summed E-state index contributed by atoms with van der Waals surface area (Å²) in [6.07, 6.45) is 3.24. The molecule has 4 aromatic rings. The van der Waals surface area contributed by atoms with E-state index in [1.54, 1.807) is 0 Å². The average molecular weight is 306 g/mol. The number of rotatable bonds is 4. The Kier molecular flexibility index (Phi) is 3.37. The van der Waals surface area contributed by atoms with E-state index in [1.165, 1.54) is 17.5 Å². The van der Waals surface area contributed by atoms with Crippen molar-refractivity contribution in [2.75, 3.05) is 0 Å². The first-order chi connectivity index (χ1) is 11.2. The molecule has 23 heavy (non-hydrogen) atoms. The molecule has 0 amide bonds. The monoisotopic (exact) mass is 306 g/mol. The molecule has 0 aliphatic heterocycles. The molecule has 4 rings (SSSR count). The van der Waals surface area contributed by atoms with E-state index in [0.717, 1.165) is 40.9 Å². The molecule has 1 atom stereocenters. The first-order valence-electron chi connectivity index (χ1n) is 7.94. The quantitative estimate of drug-likeness (QED) is 0.539. The lowest BCUT2D eigenvalue weighted by Crippen LogP contribution is -1.98. The molecule has 0 saturated heterocycles. The molecular weight excluding hydrogens is 288 g/mol. The van der Waals surface area contributed by atoms with E-state index < -0.39 is 0 Å². The zero-order chi connectivity index (χ0) is 15.8. The van der Waals surface area contributed by atoms with Gasteiger partial charge in [0.1, 0.15) is 11.0 Å². The molecule has 4 heteroatoms. The first-order valence-corrected chi connectivity index (χ1v) is 7.94. The molecule has 2 aromatic carbocycles. The summed E-state index contributed by atoms with van der Waals surface area (Å²) in [5.41, 5.74) is 5.98. The van der Waals surface area contributed by atoms with Gasteiger partial charge in [-0.15, -0.1) is 0 Å². The van der Waals surface area contributed by atoms with E-state index in [2.05, 4.69) is 42.0 Å². The Morgan fingerprint density at radius 3 is 2.83 bits per heavy atom. The molecule has 1 unspecified atom stereocenters. The Labute approximate surface area is 134 Å². The molecule has 0 saturated carbocycles. The van der Waals surface area contributed by atoms with E-state index in [4.69, 9.17) is 8.83 Å². The summed E-state index contributed by atoms with van der Waals surface area (Å²) in [4.78, 5) is 8.79. The number of aryl methyl sites for hydroxylation is 1. The number of oxazole rings is 2. The number of fused-ring (bicyclic) bond motifs is 2. The third-order valence-electron chi connectivity index (χ3n) is 4.31. The van der Waals surface area contributed by atoms with Gasteiger partial charge in [0.15, 0.2) is 23.5 Å². The largest absolute Gasteiger partial charge is 0.443 e. The highest BCUT2D eigenvalue weighted by Gasteiger charge is 2.13. The molecule has 0 fully saturated rings. The van der Waals surface area contributed by atoms with Crippen molar-refractivity contribution >= 4 is 22.2 Å². The Balaban J connectivity index is 1.61. The predicted octanol–water partition coefficient (Wildman–Crippen LogP) is 4.88. The number of nitrogens with zero attached hydrogens (tertiary/aromatic N) is 2. The lowest BCUT2D eigenvalue weighted by molar-refractivity contribution is 0.507. The van der Waals surface area contributed by atoms with Crippen molar-refractivity contribution in [2.45, 2.75) is 32.6 Å². The molecule has 0 radical (unpaired) electrons. The lowest BCUT2D eigenvalue weighted by Gasteiger charge is -2.08. The summed E-state index contributed by atoms with van der Waals surface area (Å²) in [5, 5.41) is 0. The second kappa shape index (κ2) is 5.54. The van der Waals surface area contributed by atoms with Crippen LogP contribution in [-0.4, -0.2) is 9.97 Å². The molecule has 0 aliphatic rings. The molecule has 0 N–H and O–H groups in total. The summed E-state index contributed by atoms with van der Waals surface area (Å²) in [5.74, 6) is 1.07. The second-order valence-electron chi connectivity index (χ2n) is 5.95. The second-order valence-corrected chi connectivity index (χ2v) is 5.95. The number of benzene rings is 2. The van der Waals surface area contributed by atoms with Crippen molar-refractivity contribution in [1.82, 2.24) is 9.97 Å². The normalized spacial score (nSPS) is 13.0. The molecule has 116 valence electrons. The highest BCUT2D eigenvalue weighted by molar-refractivity contribution is 5.74. The predicted molar refractivity (Wildman–Crippen MR) is 89.5 cm³/mol. The fourth-order valence-electron chi connectivity index (χ4n) is 2.89. The van der Waals surface area contributed by atoms with Crippen molar-refractivity contribution in [2.24, 2.45) is 0 Å². The van der Waals surface area contributed by atoms with Crippen LogP contribution in [0.2, 0.25) is 0 Å². The number of hydrogen-bond donors (Lipinski definition) is 0. The minimum atomic E-state index is 0.295. The summed E-state index contributed by atoms with van der Waals surface area (Å²) < 4.78 is 11.3. The third kappa shape index (κ3) is 2.61. The smallest absolute Gasteiger partial charge is 0.196 e. The maximum Gasteiger partial charge on any atom is 0.196 e. The van der Waals surface area contributed by atoms with Crippen molar-refractivity contribution in [3.05, 3.63) is 59.8 Å². The molecule has 2 aromatic heterocycles. The summed E-state index contributed by atoms with van der Waals surface area (Å²) >= 11 is 0. The van der Waals surface area contributed by atoms with Crippen LogP contribution in [0.15, 0.2) is 51.6 Å². The van der Waals surface area contributed by atoms with Crippen LogP contribution >= 0.6 is 0 Å². The van der Waals surface area contributed by atoms with Gasteiger partial charge in [-0.25, -0.2) is 9.97 Å². The SMILES string of the molecule is CCc1ccc2oc(CC(C)c3ccc4ncoc4c3)nc2c1. The maximum atomic E-state index is 5.89. The average Bonchev–Trinajstić information content (AvgIpc) is 3.18. The van der Waals surface area contributed by atoms with E-state index in [0.29, 0.717) is 5.92 Å².